The molecule has 18 heavy (non-hydrogen) atoms. The van der Waals surface area contributed by atoms with Crippen LogP contribution in [0.5, 0.6) is 11.5 Å². The fourth-order valence-electron chi connectivity index (χ4n) is 1.67. The van der Waals surface area contributed by atoms with Crippen LogP contribution >= 0.6 is 22.6 Å². The largest absolute Gasteiger partial charge is 0.456 e. The molecule has 2 aromatic rings. The van der Waals surface area contributed by atoms with Crippen LogP contribution in [0.4, 0.5) is 4.39 Å². The minimum atomic E-state index is -0.274. The highest BCUT2D eigenvalue weighted by molar-refractivity contribution is 14.1. The van der Waals surface area contributed by atoms with E-state index in [0.29, 0.717) is 24.3 Å². The lowest BCUT2D eigenvalue weighted by molar-refractivity contribution is 0.464. The quantitative estimate of drug-likeness (QED) is 0.847. The molecule has 0 spiro atoms. The molecule has 94 valence electrons. The van der Waals surface area contributed by atoms with Crippen molar-refractivity contribution in [1.29, 1.82) is 0 Å². The highest BCUT2D eigenvalue weighted by atomic mass is 127. The minimum Gasteiger partial charge on any atom is -0.456 e. The van der Waals surface area contributed by atoms with Crippen molar-refractivity contribution in [2.24, 2.45) is 5.73 Å². The van der Waals surface area contributed by atoms with E-state index in [1.165, 1.54) is 6.07 Å². The lowest BCUT2D eigenvalue weighted by Crippen LogP contribution is -2.06. The van der Waals surface area contributed by atoms with Gasteiger partial charge in [0.1, 0.15) is 17.3 Å². The molecule has 0 unspecified atom stereocenters. The Morgan fingerprint density at radius 3 is 2.50 bits per heavy atom. The molecule has 0 saturated carbocycles. The van der Waals surface area contributed by atoms with Crippen molar-refractivity contribution in [2.75, 3.05) is 6.54 Å². The zero-order valence-electron chi connectivity index (χ0n) is 9.70. The summed E-state index contributed by atoms with van der Waals surface area (Å²) in [6, 6.07) is 12.4. The maximum atomic E-state index is 13.7. The van der Waals surface area contributed by atoms with Gasteiger partial charge < -0.3 is 10.5 Å². The Morgan fingerprint density at radius 1 is 1.06 bits per heavy atom. The van der Waals surface area contributed by atoms with Crippen LogP contribution in [0.2, 0.25) is 0 Å². The summed E-state index contributed by atoms with van der Waals surface area (Å²) in [5.41, 5.74) is 6.03. The van der Waals surface area contributed by atoms with E-state index in [1.54, 1.807) is 12.1 Å². The third-order valence-electron chi connectivity index (χ3n) is 2.53. The van der Waals surface area contributed by atoms with Gasteiger partial charge in [-0.05, 0) is 59.8 Å². The van der Waals surface area contributed by atoms with Crippen LogP contribution in [0.15, 0.2) is 42.5 Å². The average Bonchev–Trinajstić information content (AvgIpc) is 2.36. The van der Waals surface area contributed by atoms with Crippen molar-refractivity contribution in [3.8, 4) is 11.5 Å². The summed E-state index contributed by atoms with van der Waals surface area (Å²) >= 11 is 2.19. The van der Waals surface area contributed by atoms with Crippen LogP contribution in [0.25, 0.3) is 0 Å². The van der Waals surface area contributed by atoms with Crippen molar-refractivity contribution in [1.82, 2.24) is 0 Å². The van der Waals surface area contributed by atoms with E-state index >= 15 is 0 Å². The molecule has 0 amide bonds. The highest BCUT2D eigenvalue weighted by Crippen LogP contribution is 2.30. The predicted octanol–water partition coefficient (Wildman–Crippen LogP) is 3.72. The molecule has 0 saturated heterocycles. The Kier molecular flexibility index (Phi) is 4.54. The van der Waals surface area contributed by atoms with Gasteiger partial charge in [0, 0.05) is 5.56 Å². The van der Waals surface area contributed by atoms with Crippen LogP contribution in [0.1, 0.15) is 5.56 Å². The molecule has 0 heterocycles. The van der Waals surface area contributed by atoms with Crippen LogP contribution in [0, 0.1) is 9.39 Å². The van der Waals surface area contributed by atoms with Crippen LogP contribution in [0.3, 0.4) is 0 Å². The van der Waals surface area contributed by atoms with E-state index in [4.69, 9.17) is 10.5 Å². The fraction of sp³-hybridized carbons (Fsp3) is 0.143. The molecule has 4 heteroatoms. The molecule has 0 bridgehead atoms. The minimum absolute atomic E-state index is 0.274. The Hall–Kier alpha value is -1.14. The Balaban J connectivity index is 2.34. The molecule has 0 aliphatic rings. The third kappa shape index (κ3) is 3.00. The van der Waals surface area contributed by atoms with Gasteiger partial charge in [0.2, 0.25) is 0 Å². The average molecular weight is 357 g/mol. The first kappa shape index (κ1) is 13.3. The maximum Gasteiger partial charge on any atom is 0.140 e. The number of hydrogen-bond acceptors (Lipinski definition) is 2. The second-order valence-electron chi connectivity index (χ2n) is 3.79. The summed E-state index contributed by atoms with van der Waals surface area (Å²) in [7, 11) is 0. The molecule has 0 fully saturated rings. The molecule has 0 radical (unpaired) electrons. The van der Waals surface area contributed by atoms with E-state index in [0.717, 1.165) is 9.32 Å². The molecule has 2 aromatic carbocycles. The Bertz CT molecular complexity index is 545. The summed E-state index contributed by atoms with van der Waals surface area (Å²) in [5, 5.41) is 0. The number of hydrogen-bond donors (Lipinski definition) is 1. The van der Waals surface area contributed by atoms with Crippen molar-refractivity contribution < 1.29 is 9.13 Å². The number of para-hydroxylation sites is 1. The fourth-order valence-corrected chi connectivity index (χ4v) is 2.16. The Labute approximate surface area is 119 Å². The third-order valence-corrected chi connectivity index (χ3v) is 3.42. The summed E-state index contributed by atoms with van der Waals surface area (Å²) in [6.07, 6.45) is 0.464. The number of benzene rings is 2. The van der Waals surface area contributed by atoms with Crippen molar-refractivity contribution in [3.63, 3.8) is 0 Å². The van der Waals surface area contributed by atoms with Crippen LogP contribution in [-0.4, -0.2) is 6.54 Å². The monoisotopic (exact) mass is 357 g/mol. The van der Waals surface area contributed by atoms with Crippen molar-refractivity contribution in [3.05, 3.63) is 57.4 Å². The van der Waals surface area contributed by atoms with E-state index < -0.39 is 0 Å². The molecular formula is C14H13FINO. The second kappa shape index (κ2) is 6.15. The predicted molar refractivity (Wildman–Crippen MR) is 78.4 cm³/mol. The van der Waals surface area contributed by atoms with Gasteiger partial charge in [-0.25, -0.2) is 4.39 Å². The number of halogens is 2. The molecule has 0 aliphatic heterocycles. The first-order valence-electron chi connectivity index (χ1n) is 5.62. The van der Waals surface area contributed by atoms with E-state index in [2.05, 4.69) is 22.6 Å². The zero-order valence-corrected chi connectivity index (χ0v) is 11.9. The maximum absolute atomic E-state index is 13.7. The van der Waals surface area contributed by atoms with Gasteiger partial charge in [-0.1, -0.05) is 18.2 Å². The molecule has 0 aromatic heterocycles. The van der Waals surface area contributed by atoms with Gasteiger partial charge in [-0.2, -0.15) is 0 Å². The normalized spacial score (nSPS) is 10.4. The van der Waals surface area contributed by atoms with Gasteiger partial charge >= 0.3 is 0 Å². The summed E-state index contributed by atoms with van der Waals surface area (Å²) < 4.78 is 20.5. The SMILES string of the molecule is NCCc1c(F)cccc1Oc1ccccc1I. The molecule has 2 nitrogen and oxygen atoms in total. The molecule has 2 rings (SSSR count). The lowest BCUT2D eigenvalue weighted by atomic mass is 10.1. The topological polar surface area (TPSA) is 35.2 Å². The molecule has 0 atom stereocenters. The molecule has 2 N–H and O–H groups in total. The van der Waals surface area contributed by atoms with Gasteiger partial charge in [-0.3, -0.25) is 0 Å². The van der Waals surface area contributed by atoms with Gasteiger partial charge in [0.25, 0.3) is 0 Å². The molecular weight excluding hydrogens is 344 g/mol. The van der Waals surface area contributed by atoms with Crippen molar-refractivity contribution in [2.45, 2.75) is 6.42 Å². The smallest absolute Gasteiger partial charge is 0.140 e. The molecule has 0 aliphatic carbocycles. The van der Waals surface area contributed by atoms with Crippen LogP contribution in [-0.2, 0) is 6.42 Å². The first-order chi connectivity index (χ1) is 8.72. The van der Waals surface area contributed by atoms with E-state index in [9.17, 15) is 4.39 Å². The zero-order chi connectivity index (χ0) is 13.0. The van der Waals surface area contributed by atoms with Gasteiger partial charge in [-0.15, -0.1) is 0 Å². The van der Waals surface area contributed by atoms with Crippen molar-refractivity contribution >= 4 is 22.6 Å². The van der Waals surface area contributed by atoms with Gasteiger partial charge in [0.15, 0.2) is 0 Å². The second-order valence-corrected chi connectivity index (χ2v) is 4.95. The lowest BCUT2D eigenvalue weighted by Gasteiger charge is -2.12. The summed E-state index contributed by atoms with van der Waals surface area (Å²) in [4.78, 5) is 0. The number of ether oxygens (including phenoxy) is 1. The van der Waals surface area contributed by atoms with Crippen LogP contribution < -0.4 is 10.5 Å². The highest BCUT2D eigenvalue weighted by Gasteiger charge is 2.10. The van der Waals surface area contributed by atoms with Gasteiger partial charge in [0.05, 0.1) is 3.57 Å². The number of nitrogens with two attached hydrogens (primary N) is 1. The summed E-state index contributed by atoms with van der Waals surface area (Å²) in [6.45, 7) is 0.392. The Morgan fingerprint density at radius 2 is 1.78 bits per heavy atom. The van der Waals surface area contributed by atoms with E-state index in [1.807, 2.05) is 24.3 Å². The first-order valence-corrected chi connectivity index (χ1v) is 6.70. The summed E-state index contributed by atoms with van der Waals surface area (Å²) in [5.74, 6) is 0.982. The van der Waals surface area contributed by atoms with E-state index in [-0.39, 0.29) is 5.82 Å². The number of rotatable bonds is 4. The standard InChI is InChI=1S/C14H13FINO/c15-11-4-3-7-13(10(11)8-9-17)18-14-6-2-1-5-12(14)16/h1-7H,8-9,17H2.